The number of nitrogens with zero attached hydrogens (tertiary/aromatic N) is 5. The highest BCUT2D eigenvalue weighted by Gasteiger charge is 2.34. The van der Waals surface area contributed by atoms with Crippen molar-refractivity contribution in [2.75, 3.05) is 29.9 Å². The molecule has 0 fully saturated rings. The van der Waals surface area contributed by atoms with Crippen LogP contribution in [-0.2, 0) is 4.79 Å². The highest BCUT2D eigenvalue weighted by molar-refractivity contribution is 7.18. The number of carbonyl (C=O) groups is 4. The second kappa shape index (κ2) is 12.6. The molecule has 1 aromatic heterocycles. The second-order valence-electron chi connectivity index (χ2n) is 8.87. The number of amides is 3. The van der Waals surface area contributed by atoms with Crippen LogP contribution in [0.25, 0.3) is 0 Å². The van der Waals surface area contributed by atoms with Crippen molar-refractivity contribution in [1.82, 2.24) is 4.90 Å². The number of azo groups is 1. The average Bonchev–Trinajstić information content (AvgIpc) is 3.39. The van der Waals surface area contributed by atoms with Gasteiger partial charge in [-0.05, 0) is 50.1 Å². The molecule has 0 aliphatic carbocycles. The third-order valence-corrected chi connectivity index (χ3v) is 7.80. The molecule has 3 aromatic rings. The van der Waals surface area contributed by atoms with Crippen LogP contribution in [0.15, 0.2) is 52.7 Å². The molecule has 12 heteroatoms. The lowest BCUT2D eigenvalue weighted by Gasteiger charge is -2.24. The monoisotopic (exact) mass is 576 g/mol. The van der Waals surface area contributed by atoms with Crippen LogP contribution >= 0.6 is 22.9 Å². The van der Waals surface area contributed by atoms with Gasteiger partial charge < -0.3 is 10.2 Å². The van der Waals surface area contributed by atoms with Gasteiger partial charge >= 0.3 is 0 Å². The number of nitrogens with one attached hydrogen (secondary N) is 1. The highest BCUT2D eigenvalue weighted by atomic mass is 35.5. The van der Waals surface area contributed by atoms with Crippen molar-refractivity contribution in [3.8, 4) is 6.07 Å². The third kappa shape index (κ3) is 5.93. The molecule has 0 unspecified atom stereocenters. The van der Waals surface area contributed by atoms with Crippen molar-refractivity contribution >= 4 is 69.0 Å². The number of rotatable bonds is 11. The Labute approximate surface area is 239 Å². The average molecular weight is 577 g/mol. The molecule has 204 valence electrons. The normalized spacial score (nSPS) is 12.5. The number of nitriles is 1. The van der Waals surface area contributed by atoms with Gasteiger partial charge in [0.15, 0.2) is 11.3 Å². The largest absolute Gasteiger partial charge is 0.372 e. The molecule has 0 radical (unpaired) electrons. The summed E-state index contributed by atoms with van der Waals surface area (Å²) < 4.78 is 0. The molecule has 4 rings (SSSR count). The molecule has 0 bridgehead atoms. The topological polar surface area (TPSA) is 135 Å². The first-order chi connectivity index (χ1) is 19.3. The summed E-state index contributed by atoms with van der Waals surface area (Å²) in [6.07, 6.45) is 1.93. The zero-order valence-electron chi connectivity index (χ0n) is 21.8. The summed E-state index contributed by atoms with van der Waals surface area (Å²) in [5.41, 5.74) is 2.58. The van der Waals surface area contributed by atoms with E-state index in [0.29, 0.717) is 54.8 Å². The molecule has 0 saturated heterocycles. The Morgan fingerprint density at radius 2 is 1.85 bits per heavy atom. The van der Waals surface area contributed by atoms with Gasteiger partial charge in [0.1, 0.15) is 17.3 Å². The van der Waals surface area contributed by atoms with Crippen molar-refractivity contribution < 1.29 is 19.2 Å². The number of benzene rings is 2. The van der Waals surface area contributed by atoms with Crippen molar-refractivity contribution in [1.29, 1.82) is 5.26 Å². The minimum Gasteiger partial charge on any atom is -0.372 e. The highest BCUT2D eigenvalue weighted by Crippen LogP contribution is 2.39. The SMILES string of the molecule is CCN(CCCCN1C(=O)c2ccccc2C1=O)c1ccc(N=Nc2sc(C=O)c(Cl)c2C#N)c(NC(C)=O)c1. The lowest BCUT2D eigenvalue weighted by molar-refractivity contribution is -0.114. The predicted octanol–water partition coefficient (Wildman–Crippen LogP) is 6.36. The number of unbranched alkanes of at least 4 members (excludes halogenated alkanes) is 1. The molecule has 3 amide bonds. The van der Waals surface area contributed by atoms with Crippen molar-refractivity contribution in [3.63, 3.8) is 0 Å². The second-order valence-corrected chi connectivity index (χ2v) is 10.3. The molecule has 0 spiro atoms. The van der Waals surface area contributed by atoms with Gasteiger partial charge in [0, 0.05) is 32.2 Å². The van der Waals surface area contributed by atoms with Gasteiger partial charge in [-0.1, -0.05) is 23.7 Å². The van der Waals surface area contributed by atoms with Crippen LogP contribution in [-0.4, -0.2) is 48.5 Å². The molecule has 40 heavy (non-hydrogen) atoms. The summed E-state index contributed by atoms with van der Waals surface area (Å²) in [5.74, 6) is -0.809. The zero-order valence-corrected chi connectivity index (χ0v) is 23.4. The lowest BCUT2D eigenvalue weighted by atomic mass is 10.1. The van der Waals surface area contributed by atoms with E-state index < -0.39 is 0 Å². The van der Waals surface area contributed by atoms with Crippen LogP contribution in [0.4, 0.5) is 22.1 Å². The molecule has 2 heterocycles. The Morgan fingerprint density at radius 1 is 1.15 bits per heavy atom. The molecular weight excluding hydrogens is 552 g/mol. The fourth-order valence-corrected chi connectivity index (χ4v) is 5.47. The summed E-state index contributed by atoms with van der Waals surface area (Å²) in [6, 6.07) is 14.1. The van der Waals surface area contributed by atoms with E-state index in [0.717, 1.165) is 23.4 Å². The van der Waals surface area contributed by atoms with Crippen LogP contribution in [0.2, 0.25) is 5.02 Å². The smallest absolute Gasteiger partial charge is 0.261 e. The van der Waals surface area contributed by atoms with Gasteiger partial charge in [-0.15, -0.1) is 21.6 Å². The molecule has 2 aromatic carbocycles. The molecule has 1 N–H and O–H groups in total. The Balaban J connectivity index is 1.45. The lowest BCUT2D eigenvalue weighted by Crippen LogP contribution is -2.31. The number of anilines is 2. The molecular formula is C28H25ClN6O4S. The fraction of sp³-hybridized carbons (Fsp3) is 0.250. The molecule has 10 nitrogen and oxygen atoms in total. The van der Waals surface area contributed by atoms with E-state index >= 15 is 0 Å². The third-order valence-electron chi connectivity index (χ3n) is 6.30. The number of hydrogen-bond acceptors (Lipinski definition) is 9. The maximum Gasteiger partial charge on any atom is 0.261 e. The summed E-state index contributed by atoms with van der Waals surface area (Å²) in [7, 11) is 0. The van der Waals surface area contributed by atoms with Crippen molar-refractivity contribution in [2.24, 2.45) is 10.2 Å². The van der Waals surface area contributed by atoms with E-state index in [1.807, 2.05) is 19.1 Å². The Hall–Kier alpha value is -4.40. The number of imide groups is 1. The minimum atomic E-state index is -0.294. The van der Waals surface area contributed by atoms with Crippen LogP contribution in [0.3, 0.4) is 0 Å². The van der Waals surface area contributed by atoms with Crippen LogP contribution in [0, 0.1) is 11.3 Å². The fourth-order valence-electron chi connectivity index (χ4n) is 4.34. The maximum atomic E-state index is 12.6. The number of fused-ring (bicyclic) bond motifs is 1. The number of aldehydes is 1. The quantitative estimate of drug-likeness (QED) is 0.122. The number of halogens is 1. The van der Waals surface area contributed by atoms with E-state index in [-0.39, 0.29) is 38.2 Å². The van der Waals surface area contributed by atoms with E-state index in [9.17, 15) is 24.4 Å². The van der Waals surface area contributed by atoms with E-state index in [1.54, 1.807) is 36.4 Å². The summed E-state index contributed by atoms with van der Waals surface area (Å²) in [4.78, 5) is 51.9. The number of hydrogen-bond donors (Lipinski definition) is 1. The Bertz CT molecular complexity index is 1530. The molecule has 1 aliphatic rings. The standard InChI is InChI=1S/C28H25ClN6O4S/c1-3-34(12-6-7-13-35-27(38)19-8-4-5-9-20(19)28(35)39)18-10-11-22(23(14-18)31-17(2)37)32-33-26-21(15-30)25(29)24(16-36)40-26/h4-5,8-11,14,16H,3,6-7,12-13H2,1-2H3,(H,31,37). The van der Waals surface area contributed by atoms with Crippen molar-refractivity contribution in [2.45, 2.75) is 26.7 Å². The van der Waals surface area contributed by atoms with Crippen LogP contribution < -0.4 is 10.2 Å². The van der Waals surface area contributed by atoms with Gasteiger partial charge in [-0.3, -0.25) is 24.1 Å². The maximum absolute atomic E-state index is 12.6. The van der Waals surface area contributed by atoms with Gasteiger partial charge in [0.25, 0.3) is 11.8 Å². The predicted molar refractivity (Wildman–Crippen MR) is 153 cm³/mol. The van der Waals surface area contributed by atoms with Gasteiger partial charge in [-0.25, -0.2) is 0 Å². The van der Waals surface area contributed by atoms with Gasteiger partial charge in [0.2, 0.25) is 5.91 Å². The summed E-state index contributed by atoms with van der Waals surface area (Å²) in [6.45, 7) is 5.07. The first-order valence-electron chi connectivity index (χ1n) is 12.5. The first kappa shape index (κ1) is 28.6. The van der Waals surface area contributed by atoms with Crippen LogP contribution in [0.5, 0.6) is 0 Å². The van der Waals surface area contributed by atoms with E-state index in [4.69, 9.17) is 11.6 Å². The van der Waals surface area contributed by atoms with Gasteiger partial charge in [0.05, 0.1) is 26.7 Å². The van der Waals surface area contributed by atoms with Gasteiger partial charge in [-0.2, -0.15) is 5.26 Å². The van der Waals surface area contributed by atoms with E-state index in [1.165, 1.54) is 11.8 Å². The summed E-state index contributed by atoms with van der Waals surface area (Å²) in [5, 5.41) is 20.7. The summed E-state index contributed by atoms with van der Waals surface area (Å²) >= 11 is 7.02. The first-order valence-corrected chi connectivity index (χ1v) is 13.7. The Morgan fingerprint density at radius 3 is 2.45 bits per heavy atom. The number of carbonyl (C=O) groups excluding carboxylic acids is 4. The molecule has 0 atom stereocenters. The van der Waals surface area contributed by atoms with Crippen molar-refractivity contribution in [3.05, 3.63) is 69.1 Å². The molecule has 1 aliphatic heterocycles. The number of thiophene rings is 1. The van der Waals surface area contributed by atoms with E-state index in [2.05, 4.69) is 20.4 Å². The van der Waals surface area contributed by atoms with Crippen LogP contribution in [0.1, 0.15) is 62.6 Å². The minimum absolute atomic E-state index is 0.0375. The molecule has 0 saturated carbocycles. The zero-order chi connectivity index (χ0) is 28.8. The Kier molecular flexibility index (Phi) is 9.04.